The van der Waals surface area contributed by atoms with Crippen molar-refractivity contribution in [1.29, 1.82) is 0 Å². The van der Waals surface area contributed by atoms with Crippen molar-refractivity contribution in [3.8, 4) is 5.88 Å². The van der Waals surface area contributed by atoms with Crippen molar-refractivity contribution in [2.45, 2.75) is 38.5 Å². The lowest BCUT2D eigenvalue weighted by molar-refractivity contribution is 0.0459. The van der Waals surface area contributed by atoms with Crippen molar-refractivity contribution in [2.24, 2.45) is 11.8 Å². The summed E-state index contributed by atoms with van der Waals surface area (Å²) in [4.78, 5) is 11.2. The van der Waals surface area contributed by atoms with Crippen LogP contribution in [0, 0.1) is 18.8 Å². The van der Waals surface area contributed by atoms with E-state index in [1.807, 2.05) is 42.9 Å². The van der Waals surface area contributed by atoms with Crippen LogP contribution in [-0.2, 0) is 6.54 Å². The number of hydrogen-bond acceptors (Lipinski definition) is 5. The average Bonchev–Trinajstić information content (AvgIpc) is 3.34. The van der Waals surface area contributed by atoms with Crippen LogP contribution in [0.2, 0.25) is 0 Å². The van der Waals surface area contributed by atoms with Crippen molar-refractivity contribution in [3.05, 3.63) is 72.4 Å². The smallest absolute Gasteiger partial charge is 0.213 e. The molecule has 2 fully saturated rings. The Morgan fingerprint density at radius 1 is 1.03 bits per heavy atom. The fourth-order valence-electron chi connectivity index (χ4n) is 4.96. The van der Waals surface area contributed by atoms with Gasteiger partial charge in [-0.05, 0) is 54.9 Å². The molecule has 1 saturated heterocycles. The zero-order chi connectivity index (χ0) is 19.6. The van der Waals surface area contributed by atoms with Gasteiger partial charge >= 0.3 is 0 Å². The lowest BCUT2D eigenvalue weighted by Gasteiger charge is -2.37. The first-order chi connectivity index (χ1) is 14.2. The quantitative estimate of drug-likeness (QED) is 0.668. The molecule has 0 bridgehead atoms. The van der Waals surface area contributed by atoms with E-state index in [0.29, 0.717) is 17.7 Å². The highest BCUT2D eigenvalue weighted by molar-refractivity contribution is 5.12. The van der Waals surface area contributed by atoms with Gasteiger partial charge in [0.15, 0.2) is 0 Å². The number of pyridine rings is 2. The van der Waals surface area contributed by atoms with Crippen LogP contribution in [0.25, 0.3) is 0 Å². The topological polar surface area (TPSA) is 56.1 Å². The Balaban J connectivity index is 1.34. The van der Waals surface area contributed by atoms with Gasteiger partial charge in [-0.25, -0.2) is 4.98 Å². The highest BCUT2D eigenvalue weighted by Gasteiger charge is 2.44. The average molecular weight is 390 g/mol. The fourth-order valence-corrected chi connectivity index (χ4v) is 4.96. The van der Waals surface area contributed by atoms with Gasteiger partial charge in [-0.15, -0.1) is 0 Å². The van der Waals surface area contributed by atoms with E-state index < -0.39 is 0 Å². The molecule has 6 heteroatoms. The molecule has 1 aliphatic heterocycles. The van der Waals surface area contributed by atoms with Gasteiger partial charge in [0.25, 0.3) is 0 Å². The Morgan fingerprint density at radius 3 is 2.66 bits per heavy atom. The third kappa shape index (κ3) is 4.03. The number of fused-ring (bicyclic) bond motifs is 1. The summed E-state index contributed by atoms with van der Waals surface area (Å²) in [7, 11) is 0. The minimum Gasteiger partial charge on any atom is -0.472 e. The molecular weight excluding hydrogens is 362 g/mol. The van der Waals surface area contributed by atoms with Crippen molar-refractivity contribution in [2.75, 3.05) is 13.1 Å². The highest BCUT2D eigenvalue weighted by Crippen LogP contribution is 2.42. The van der Waals surface area contributed by atoms with E-state index in [1.54, 1.807) is 6.20 Å². The molecular formula is C23H27N5O. The molecule has 4 heterocycles. The van der Waals surface area contributed by atoms with E-state index in [0.717, 1.165) is 32.5 Å². The molecule has 0 aromatic carbocycles. The normalized spacial score (nSPS) is 26.9. The van der Waals surface area contributed by atoms with Crippen LogP contribution in [0.3, 0.4) is 0 Å². The van der Waals surface area contributed by atoms with Gasteiger partial charge in [-0.2, -0.15) is 5.10 Å². The largest absolute Gasteiger partial charge is 0.472 e. The van der Waals surface area contributed by atoms with E-state index in [9.17, 15) is 0 Å². The number of rotatable bonds is 5. The zero-order valence-electron chi connectivity index (χ0n) is 16.8. The van der Waals surface area contributed by atoms with E-state index in [-0.39, 0.29) is 12.1 Å². The Kier molecular flexibility index (Phi) is 5.02. The Morgan fingerprint density at radius 2 is 1.93 bits per heavy atom. The molecule has 3 aromatic rings. The highest BCUT2D eigenvalue weighted by atomic mass is 16.5. The number of likely N-dealkylation sites (tertiary alicyclic amines) is 1. The molecule has 29 heavy (non-hydrogen) atoms. The van der Waals surface area contributed by atoms with Crippen LogP contribution >= 0.6 is 0 Å². The van der Waals surface area contributed by atoms with Crippen LogP contribution in [0.4, 0.5) is 0 Å². The third-order valence-electron chi connectivity index (χ3n) is 6.27. The zero-order valence-corrected chi connectivity index (χ0v) is 16.8. The first kappa shape index (κ1) is 18.3. The maximum Gasteiger partial charge on any atom is 0.213 e. The summed E-state index contributed by atoms with van der Waals surface area (Å²) >= 11 is 0. The lowest BCUT2D eigenvalue weighted by atomic mass is 9.77. The second-order valence-corrected chi connectivity index (χ2v) is 8.44. The number of aromatic nitrogens is 4. The van der Waals surface area contributed by atoms with Gasteiger partial charge in [-0.1, -0.05) is 12.1 Å². The van der Waals surface area contributed by atoms with Crippen molar-refractivity contribution < 1.29 is 4.74 Å². The number of hydrogen-bond donors (Lipinski definition) is 0. The van der Waals surface area contributed by atoms with Crippen LogP contribution in [0.1, 0.15) is 30.0 Å². The van der Waals surface area contributed by atoms with E-state index in [2.05, 4.69) is 43.8 Å². The molecule has 0 radical (unpaired) electrons. The first-order valence-corrected chi connectivity index (χ1v) is 10.4. The molecule has 6 nitrogen and oxygen atoms in total. The molecule has 150 valence electrons. The van der Waals surface area contributed by atoms with Gasteiger partial charge < -0.3 is 4.74 Å². The molecule has 0 spiro atoms. The summed E-state index contributed by atoms with van der Waals surface area (Å²) in [6.07, 6.45) is 11.9. The van der Waals surface area contributed by atoms with Crippen molar-refractivity contribution in [1.82, 2.24) is 24.6 Å². The molecule has 2 aliphatic rings. The maximum absolute atomic E-state index is 6.39. The van der Waals surface area contributed by atoms with Crippen molar-refractivity contribution in [3.63, 3.8) is 0 Å². The monoisotopic (exact) mass is 389 g/mol. The second kappa shape index (κ2) is 7.95. The summed E-state index contributed by atoms with van der Waals surface area (Å²) in [5.41, 5.74) is 2.47. The second-order valence-electron chi connectivity index (χ2n) is 8.44. The standard InChI is InChI=1S/C23H27N5O/c1-17-11-26-28(13-17)21-9-19-15-27(14-18-5-4-7-24-12-18)16-20(19)10-22(21)29-23-6-2-3-8-25-23/h2-8,11-13,19-22H,9-10,14-16H2,1H3/t19-,20+,21-,22-/m0/s1. The lowest BCUT2D eigenvalue weighted by Crippen LogP contribution is -2.40. The summed E-state index contributed by atoms with van der Waals surface area (Å²) in [5.74, 6) is 2.02. The summed E-state index contributed by atoms with van der Waals surface area (Å²) in [6, 6.07) is 10.3. The predicted molar refractivity (Wildman–Crippen MR) is 110 cm³/mol. The van der Waals surface area contributed by atoms with Gasteiger partial charge in [0.1, 0.15) is 6.10 Å². The van der Waals surface area contributed by atoms with Crippen LogP contribution in [0.15, 0.2) is 61.3 Å². The Hall–Kier alpha value is -2.73. The first-order valence-electron chi connectivity index (χ1n) is 10.4. The van der Waals surface area contributed by atoms with Crippen LogP contribution in [0.5, 0.6) is 5.88 Å². The Bertz CT molecular complexity index is 929. The summed E-state index contributed by atoms with van der Waals surface area (Å²) < 4.78 is 8.51. The fraction of sp³-hybridized carbons (Fsp3) is 0.435. The van der Waals surface area contributed by atoms with Gasteiger partial charge in [-0.3, -0.25) is 14.6 Å². The van der Waals surface area contributed by atoms with Gasteiger partial charge in [0.2, 0.25) is 5.88 Å². The van der Waals surface area contributed by atoms with Gasteiger partial charge in [0, 0.05) is 50.5 Å². The number of ether oxygens (including phenoxy) is 1. The predicted octanol–water partition coefficient (Wildman–Crippen LogP) is 3.51. The summed E-state index contributed by atoms with van der Waals surface area (Å²) in [5, 5.41) is 4.63. The van der Waals surface area contributed by atoms with E-state index >= 15 is 0 Å². The number of nitrogens with zero attached hydrogens (tertiary/aromatic N) is 5. The molecule has 0 amide bonds. The van der Waals surface area contributed by atoms with Crippen LogP contribution in [-0.4, -0.2) is 43.8 Å². The summed E-state index contributed by atoms with van der Waals surface area (Å²) in [6.45, 7) is 5.31. The molecule has 4 atom stereocenters. The minimum atomic E-state index is 0.0868. The van der Waals surface area contributed by atoms with Crippen LogP contribution < -0.4 is 4.74 Å². The molecule has 0 N–H and O–H groups in total. The maximum atomic E-state index is 6.39. The molecule has 1 aliphatic carbocycles. The van der Waals surface area contributed by atoms with E-state index in [1.165, 1.54) is 11.1 Å². The SMILES string of the molecule is Cc1cnn([C@H]2C[C@H]3CN(Cc4cccnc4)C[C@H]3C[C@@H]2Oc2ccccn2)c1. The molecule has 3 aromatic heterocycles. The molecule has 1 saturated carbocycles. The molecule has 0 unspecified atom stereocenters. The number of aryl methyl sites for hydroxylation is 1. The van der Waals surface area contributed by atoms with Crippen molar-refractivity contribution >= 4 is 0 Å². The Labute approximate surface area is 171 Å². The minimum absolute atomic E-state index is 0.0868. The van der Waals surface area contributed by atoms with Gasteiger partial charge in [0.05, 0.1) is 12.2 Å². The van der Waals surface area contributed by atoms with E-state index in [4.69, 9.17) is 4.74 Å². The third-order valence-corrected chi connectivity index (χ3v) is 6.27. The molecule has 5 rings (SSSR count).